The van der Waals surface area contributed by atoms with Crippen LogP contribution in [0, 0.1) is 13.8 Å². The first kappa shape index (κ1) is 12.5. The third kappa shape index (κ3) is 2.32. The summed E-state index contributed by atoms with van der Waals surface area (Å²) in [7, 11) is 1.94. The van der Waals surface area contributed by atoms with Crippen molar-refractivity contribution in [2.24, 2.45) is 0 Å². The van der Waals surface area contributed by atoms with Crippen molar-refractivity contribution in [3.8, 4) is 0 Å². The van der Waals surface area contributed by atoms with Crippen LogP contribution in [0.4, 0.5) is 5.82 Å². The Kier molecular flexibility index (Phi) is 3.06. The molecule has 0 fully saturated rings. The highest BCUT2D eigenvalue weighted by Gasteiger charge is 2.12. The van der Waals surface area contributed by atoms with Crippen LogP contribution in [0.25, 0.3) is 11.0 Å². The van der Waals surface area contributed by atoms with Gasteiger partial charge in [-0.05, 0) is 19.1 Å². The zero-order valence-corrected chi connectivity index (χ0v) is 11.7. The van der Waals surface area contributed by atoms with E-state index in [2.05, 4.69) is 20.1 Å². The lowest BCUT2D eigenvalue weighted by Crippen LogP contribution is -2.20. The minimum Gasteiger partial charge on any atom is -0.350 e. The molecule has 0 radical (unpaired) electrons. The van der Waals surface area contributed by atoms with Gasteiger partial charge in [-0.2, -0.15) is 4.98 Å². The second-order valence-electron chi connectivity index (χ2n) is 4.71. The molecule has 0 aliphatic carbocycles. The van der Waals surface area contributed by atoms with Gasteiger partial charge in [0.2, 0.25) is 5.89 Å². The molecule has 20 heavy (non-hydrogen) atoms. The Bertz CT molecular complexity index is 752. The van der Waals surface area contributed by atoms with Crippen LogP contribution in [0.15, 0.2) is 28.8 Å². The maximum atomic E-state index is 4.98. The predicted molar refractivity (Wildman–Crippen MR) is 75.4 cm³/mol. The molecule has 2 aromatic heterocycles. The summed E-state index contributed by atoms with van der Waals surface area (Å²) >= 11 is 0. The summed E-state index contributed by atoms with van der Waals surface area (Å²) in [6, 6.07) is 7.83. The lowest BCUT2D eigenvalue weighted by Gasteiger charge is -2.18. The molecule has 0 saturated carbocycles. The summed E-state index contributed by atoms with van der Waals surface area (Å²) in [5, 5.41) is 3.90. The van der Waals surface area contributed by atoms with Gasteiger partial charge >= 0.3 is 0 Å². The number of hydrogen-bond acceptors (Lipinski definition) is 6. The molecule has 3 rings (SSSR count). The third-order valence-corrected chi connectivity index (χ3v) is 3.03. The quantitative estimate of drug-likeness (QED) is 0.726. The van der Waals surface area contributed by atoms with E-state index in [-0.39, 0.29) is 0 Å². The van der Waals surface area contributed by atoms with Gasteiger partial charge in [-0.15, -0.1) is 0 Å². The smallest absolute Gasteiger partial charge is 0.223 e. The molecule has 0 aliphatic rings. The van der Waals surface area contributed by atoms with Crippen LogP contribution in [-0.2, 0) is 6.54 Å². The van der Waals surface area contributed by atoms with Crippen molar-refractivity contribution < 1.29 is 4.52 Å². The molecule has 6 nitrogen and oxygen atoms in total. The van der Waals surface area contributed by atoms with Crippen molar-refractivity contribution in [3.05, 3.63) is 41.7 Å². The molecule has 1 aromatic carbocycles. The number of aryl methyl sites for hydroxylation is 2. The fourth-order valence-corrected chi connectivity index (χ4v) is 2.13. The summed E-state index contributed by atoms with van der Waals surface area (Å²) in [5.74, 6) is 2.03. The maximum absolute atomic E-state index is 4.98. The SMILES string of the molecule is Cc1nc(CN(C)c2nc3ccccc3nc2C)no1. The molecule has 3 aromatic rings. The molecule has 2 heterocycles. The first-order valence-electron chi connectivity index (χ1n) is 6.37. The van der Waals surface area contributed by atoms with Crippen LogP contribution >= 0.6 is 0 Å². The van der Waals surface area contributed by atoms with Crippen LogP contribution in [0.2, 0.25) is 0 Å². The Labute approximate surface area is 116 Å². The molecule has 6 heteroatoms. The van der Waals surface area contributed by atoms with Gasteiger partial charge in [0.05, 0.1) is 23.3 Å². The lowest BCUT2D eigenvalue weighted by atomic mass is 10.3. The van der Waals surface area contributed by atoms with Crippen molar-refractivity contribution in [2.45, 2.75) is 20.4 Å². The van der Waals surface area contributed by atoms with E-state index in [0.717, 1.165) is 22.5 Å². The second kappa shape index (κ2) is 4.88. The van der Waals surface area contributed by atoms with Gasteiger partial charge in [0.1, 0.15) is 0 Å². The lowest BCUT2D eigenvalue weighted by molar-refractivity contribution is 0.387. The fourth-order valence-electron chi connectivity index (χ4n) is 2.13. The number of fused-ring (bicyclic) bond motifs is 1. The van der Waals surface area contributed by atoms with Crippen molar-refractivity contribution in [1.29, 1.82) is 0 Å². The van der Waals surface area contributed by atoms with Crippen molar-refractivity contribution in [1.82, 2.24) is 20.1 Å². The van der Waals surface area contributed by atoms with E-state index in [1.54, 1.807) is 6.92 Å². The number of rotatable bonds is 3. The molecule has 0 atom stereocenters. The molecule has 0 spiro atoms. The number of anilines is 1. The number of hydrogen-bond donors (Lipinski definition) is 0. The molecule has 0 aliphatic heterocycles. The molecule has 0 saturated heterocycles. The highest BCUT2D eigenvalue weighted by Crippen LogP contribution is 2.19. The van der Waals surface area contributed by atoms with E-state index in [0.29, 0.717) is 18.3 Å². The average molecular weight is 269 g/mol. The van der Waals surface area contributed by atoms with Gasteiger partial charge in [-0.25, -0.2) is 9.97 Å². The van der Waals surface area contributed by atoms with Gasteiger partial charge < -0.3 is 9.42 Å². The highest BCUT2D eigenvalue weighted by molar-refractivity contribution is 5.76. The van der Waals surface area contributed by atoms with E-state index in [9.17, 15) is 0 Å². The monoisotopic (exact) mass is 269 g/mol. The molecule has 0 unspecified atom stereocenters. The summed E-state index contributed by atoms with van der Waals surface area (Å²) in [5.41, 5.74) is 2.66. The van der Waals surface area contributed by atoms with Gasteiger partial charge in [-0.3, -0.25) is 0 Å². The third-order valence-electron chi connectivity index (χ3n) is 3.03. The maximum Gasteiger partial charge on any atom is 0.223 e. The molecule has 0 N–H and O–H groups in total. The van der Waals surface area contributed by atoms with Crippen LogP contribution in [-0.4, -0.2) is 27.2 Å². The van der Waals surface area contributed by atoms with Gasteiger partial charge in [0.25, 0.3) is 0 Å². The summed E-state index contributed by atoms with van der Waals surface area (Å²) in [6.07, 6.45) is 0. The Morgan fingerprint density at radius 1 is 1.05 bits per heavy atom. The summed E-state index contributed by atoms with van der Waals surface area (Å²) in [4.78, 5) is 15.4. The minimum absolute atomic E-state index is 0.533. The first-order valence-corrected chi connectivity index (χ1v) is 6.37. The standard InChI is InChI=1S/C14H15N5O/c1-9-14(17-12-7-5-4-6-11(12)15-9)19(3)8-13-16-10(2)20-18-13/h4-7H,8H2,1-3H3. The Morgan fingerprint density at radius 2 is 1.75 bits per heavy atom. The molecular weight excluding hydrogens is 254 g/mol. The van der Waals surface area contributed by atoms with Crippen molar-refractivity contribution in [3.63, 3.8) is 0 Å². The number of para-hydroxylation sites is 2. The van der Waals surface area contributed by atoms with Gasteiger partial charge in [0.15, 0.2) is 11.6 Å². The van der Waals surface area contributed by atoms with E-state index < -0.39 is 0 Å². The van der Waals surface area contributed by atoms with Gasteiger partial charge in [0, 0.05) is 14.0 Å². The number of nitrogens with zero attached hydrogens (tertiary/aromatic N) is 5. The Balaban J connectivity index is 1.94. The summed E-state index contributed by atoms with van der Waals surface area (Å²) in [6.45, 7) is 4.26. The number of benzene rings is 1. The zero-order valence-electron chi connectivity index (χ0n) is 11.7. The minimum atomic E-state index is 0.533. The van der Waals surface area contributed by atoms with E-state index in [4.69, 9.17) is 4.52 Å². The molecule has 0 bridgehead atoms. The molecule has 102 valence electrons. The topological polar surface area (TPSA) is 67.9 Å². The highest BCUT2D eigenvalue weighted by atomic mass is 16.5. The van der Waals surface area contributed by atoms with Crippen LogP contribution in [0.5, 0.6) is 0 Å². The van der Waals surface area contributed by atoms with Crippen molar-refractivity contribution in [2.75, 3.05) is 11.9 Å². The predicted octanol–water partition coefficient (Wildman–Crippen LogP) is 2.27. The van der Waals surface area contributed by atoms with Crippen LogP contribution in [0.1, 0.15) is 17.4 Å². The normalized spacial score (nSPS) is 10.9. The van der Waals surface area contributed by atoms with Crippen molar-refractivity contribution >= 4 is 16.9 Å². The Hall–Kier alpha value is -2.50. The first-order chi connectivity index (χ1) is 9.63. The molecular formula is C14H15N5O. The van der Waals surface area contributed by atoms with Gasteiger partial charge in [-0.1, -0.05) is 17.3 Å². The van der Waals surface area contributed by atoms with Crippen LogP contribution in [0.3, 0.4) is 0 Å². The Morgan fingerprint density at radius 3 is 2.40 bits per heavy atom. The van der Waals surface area contributed by atoms with Crippen LogP contribution < -0.4 is 4.90 Å². The van der Waals surface area contributed by atoms with E-state index in [1.165, 1.54) is 0 Å². The average Bonchev–Trinajstić information content (AvgIpc) is 2.83. The fraction of sp³-hybridized carbons (Fsp3) is 0.286. The summed E-state index contributed by atoms with van der Waals surface area (Å²) < 4.78 is 4.98. The van der Waals surface area contributed by atoms with E-state index >= 15 is 0 Å². The second-order valence-corrected chi connectivity index (χ2v) is 4.71. The largest absolute Gasteiger partial charge is 0.350 e. The number of aromatic nitrogens is 4. The zero-order chi connectivity index (χ0) is 14.1. The van der Waals surface area contributed by atoms with E-state index in [1.807, 2.05) is 43.1 Å². The molecule has 0 amide bonds.